The van der Waals surface area contributed by atoms with E-state index in [0.717, 1.165) is 12.3 Å². The zero-order valence-corrected chi connectivity index (χ0v) is 22.1. The molecule has 0 aliphatic carbocycles. The summed E-state index contributed by atoms with van der Waals surface area (Å²) in [6.45, 7) is 2.72. The Kier molecular flexibility index (Phi) is 9.28. The van der Waals surface area contributed by atoms with Crippen LogP contribution in [0.2, 0.25) is 0 Å². The Labute approximate surface area is 229 Å². The summed E-state index contributed by atoms with van der Waals surface area (Å²) in [6.07, 6.45) is 1.22. The molecule has 4 atom stereocenters. The lowest BCUT2D eigenvalue weighted by Crippen LogP contribution is -2.44. The molecule has 2 heterocycles. The van der Waals surface area contributed by atoms with Crippen molar-refractivity contribution in [2.24, 2.45) is 17.8 Å². The molecule has 2 N–H and O–H groups in total. The predicted molar refractivity (Wildman–Crippen MR) is 140 cm³/mol. The van der Waals surface area contributed by atoms with Crippen molar-refractivity contribution in [1.82, 2.24) is 9.88 Å². The van der Waals surface area contributed by atoms with Crippen molar-refractivity contribution in [3.63, 3.8) is 0 Å². The fourth-order valence-electron chi connectivity index (χ4n) is 5.40. The third-order valence-corrected chi connectivity index (χ3v) is 7.65. The Morgan fingerprint density at radius 1 is 1.20 bits per heavy atom. The van der Waals surface area contributed by atoms with Crippen molar-refractivity contribution >= 4 is 16.9 Å². The number of hydrogen-bond donors (Lipinski definition) is 2. The molecule has 1 aromatic heterocycles. The number of likely N-dealkylation sites (tertiary alicyclic amines) is 1. The van der Waals surface area contributed by atoms with E-state index in [9.17, 15) is 32.6 Å². The highest BCUT2D eigenvalue weighted by atomic mass is 19.2. The van der Waals surface area contributed by atoms with Crippen LogP contribution in [0.4, 0.5) is 17.6 Å². The molecule has 1 fully saturated rings. The minimum atomic E-state index is -1.32. The summed E-state index contributed by atoms with van der Waals surface area (Å²) < 4.78 is 60.8. The minimum Gasteiger partial charge on any atom is -0.497 e. The Balaban J connectivity index is 1.46. The number of aromatic nitrogens is 1. The van der Waals surface area contributed by atoms with Crippen LogP contribution in [-0.2, 0) is 4.79 Å². The molecule has 0 radical (unpaired) electrons. The van der Waals surface area contributed by atoms with E-state index in [0.29, 0.717) is 48.6 Å². The van der Waals surface area contributed by atoms with Crippen LogP contribution in [0.25, 0.3) is 10.9 Å². The molecule has 6 nitrogen and oxygen atoms in total. The first-order valence-corrected chi connectivity index (χ1v) is 13.0. The van der Waals surface area contributed by atoms with Gasteiger partial charge in [0.05, 0.1) is 43.0 Å². The molecular weight excluding hydrogens is 528 g/mol. The summed E-state index contributed by atoms with van der Waals surface area (Å²) in [5.74, 6) is -0.418. The molecule has 40 heavy (non-hydrogen) atoms. The second-order valence-corrected chi connectivity index (χ2v) is 10.1. The monoisotopic (exact) mass is 558 g/mol. The van der Waals surface area contributed by atoms with Gasteiger partial charge in [0.1, 0.15) is 17.4 Å². The first-order chi connectivity index (χ1) is 19.1. The van der Waals surface area contributed by atoms with E-state index in [1.165, 1.54) is 7.11 Å². The van der Waals surface area contributed by atoms with Crippen molar-refractivity contribution < 1.29 is 37.3 Å². The van der Waals surface area contributed by atoms with Gasteiger partial charge in [0.25, 0.3) is 0 Å². The molecule has 1 saturated heterocycles. The van der Waals surface area contributed by atoms with Gasteiger partial charge in [0.15, 0.2) is 11.6 Å². The van der Waals surface area contributed by atoms with Gasteiger partial charge in [0.2, 0.25) is 0 Å². The largest absolute Gasteiger partial charge is 0.497 e. The highest BCUT2D eigenvalue weighted by molar-refractivity contribution is 5.84. The highest BCUT2D eigenvalue weighted by Crippen LogP contribution is 2.37. The number of benzene rings is 2. The third-order valence-electron chi connectivity index (χ3n) is 7.65. The highest BCUT2D eigenvalue weighted by Gasteiger charge is 2.36. The smallest absolute Gasteiger partial charge is 0.306 e. The van der Waals surface area contributed by atoms with E-state index >= 15 is 0 Å². The molecule has 0 bridgehead atoms. The molecule has 0 spiro atoms. The average Bonchev–Trinajstić information content (AvgIpc) is 2.93. The zero-order chi connectivity index (χ0) is 29.0. The number of nitrogens with zero attached hydrogens (tertiary/aromatic N) is 2. The van der Waals surface area contributed by atoms with Crippen molar-refractivity contribution in [1.29, 1.82) is 0 Å². The number of hydrogen-bond acceptors (Lipinski definition) is 5. The number of carboxylic acid groups (broad SMARTS) is 1. The van der Waals surface area contributed by atoms with Crippen LogP contribution in [0.15, 0.2) is 36.5 Å². The lowest BCUT2D eigenvalue weighted by atomic mass is 9.75. The van der Waals surface area contributed by atoms with Gasteiger partial charge in [-0.25, -0.2) is 17.6 Å². The molecule has 10 heteroatoms. The topological polar surface area (TPSA) is 82.9 Å². The second-order valence-electron chi connectivity index (χ2n) is 10.1. The van der Waals surface area contributed by atoms with Crippen molar-refractivity contribution in [3.8, 4) is 17.6 Å². The summed E-state index contributed by atoms with van der Waals surface area (Å²) in [7, 11) is 1.49. The van der Waals surface area contributed by atoms with Crippen LogP contribution in [0, 0.1) is 52.9 Å². The van der Waals surface area contributed by atoms with Gasteiger partial charge in [-0.05, 0) is 61.9 Å². The molecule has 4 unspecified atom stereocenters. The maximum atomic E-state index is 14.8. The number of aliphatic hydroxyl groups is 1. The first-order valence-electron chi connectivity index (χ1n) is 13.0. The Morgan fingerprint density at radius 2 is 1.98 bits per heavy atom. The molecular formula is C30H30F4N2O4. The fraction of sp³-hybridized carbons (Fsp3) is 0.400. The quantitative estimate of drug-likeness (QED) is 0.221. The van der Waals surface area contributed by atoms with Crippen molar-refractivity contribution in [2.45, 2.75) is 32.3 Å². The van der Waals surface area contributed by atoms with Crippen LogP contribution in [0.3, 0.4) is 0 Å². The predicted octanol–water partition coefficient (Wildman–Crippen LogP) is 5.32. The molecule has 3 aromatic rings. The Hall–Kier alpha value is -3.68. The van der Waals surface area contributed by atoms with E-state index in [1.807, 2.05) is 4.90 Å². The maximum Gasteiger partial charge on any atom is 0.306 e. The number of carboxylic acids is 1. The van der Waals surface area contributed by atoms with Gasteiger partial charge >= 0.3 is 5.97 Å². The number of rotatable bonds is 8. The van der Waals surface area contributed by atoms with Gasteiger partial charge < -0.3 is 14.9 Å². The lowest BCUT2D eigenvalue weighted by Gasteiger charge is -2.40. The molecule has 1 aliphatic heterocycles. The number of carbonyl (C=O) groups is 1. The molecule has 2 aromatic carbocycles. The van der Waals surface area contributed by atoms with Crippen LogP contribution in [0.1, 0.15) is 43.4 Å². The average molecular weight is 559 g/mol. The number of piperidine rings is 1. The summed E-state index contributed by atoms with van der Waals surface area (Å²) in [5.41, 5.74) is 0.259. The fourth-order valence-corrected chi connectivity index (χ4v) is 5.40. The molecule has 212 valence electrons. The molecule has 0 saturated carbocycles. The van der Waals surface area contributed by atoms with Crippen LogP contribution >= 0.6 is 0 Å². The number of fused-ring (bicyclic) bond motifs is 1. The van der Waals surface area contributed by atoms with Crippen LogP contribution in [0.5, 0.6) is 5.75 Å². The van der Waals surface area contributed by atoms with Crippen LogP contribution < -0.4 is 4.74 Å². The first kappa shape index (κ1) is 29.3. The van der Waals surface area contributed by atoms with Gasteiger partial charge in [0, 0.05) is 23.6 Å². The Bertz CT molecular complexity index is 1460. The number of aliphatic carboxylic acids is 1. The van der Waals surface area contributed by atoms with E-state index in [1.54, 1.807) is 25.1 Å². The van der Waals surface area contributed by atoms with E-state index < -0.39 is 41.3 Å². The lowest BCUT2D eigenvalue weighted by molar-refractivity contribution is -0.144. The van der Waals surface area contributed by atoms with Gasteiger partial charge in [-0.1, -0.05) is 18.8 Å². The van der Waals surface area contributed by atoms with Gasteiger partial charge in [-0.15, -0.1) is 0 Å². The maximum absolute atomic E-state index is 14.8. The van der Waals surface area contributed by atoms with E-state index in [4.69, 9.17) is 4.74 Å². The third kappa shape index (κ3) is 6.54. The number of halogens is 4. The van der Waals surface area contributed by atoms with Crippen molar-refractivity contribution in [3.05, 3.63) is 70.9 Å². The second kappa shape index (κ2) is 12.7. The number of ether oxygens (including phenoxy) is 1. The molecule has 1 aliphatic rings. The number of pyridine rings is 1. The van der Waals surface area contributed by atoms with Crippen LogP contribution in [-0.4, -0.2) is 52.8 Å². The molecule has 4 rings (SSSR count). The number of methoxy groups -OCH3 is 1. The summed E-state index contributed by atoms with van der Waals surface area (Å²) >= 11 is 0. The summed E-state index contributed by atoms with van der Waals surface area (Å²) in [4.78, 5) is 17.9. The number of aliphatic hydroxyl groups excluding tert-OH is 1. The zero-order valence-electron chi connectivity index (χ0n) is 22.1. The van der Waals surface area contributed by atoms with E-state index in [-0.39, 0.29) is 35.9 Å². The van der Waals surface area contributed by atoms with Gasteiger partial charge in [-0.3, -0.25) is 14.7 Å². The normalized spacial score (nSPS) is 19.1. The standard InChI is InChI=1S/C30H30F4N2O4/c1-17(30(38)39)23-16-36(10-3-4-19-12-20(31)13-24(32)29(19)34)11-9-18(23)5-8-27(37)28-22-14-21(40-2)6-7-26(22)35-15-25(28)33/h6-7,12-15,17-18,23,27,37H,5,8-11,16H2,1-2H3,(H,38,39). The molecule has 0 amide bonds. The van der Waals surface area contributed by atoms with Crippen molar-refractivity contribution in [2.75, 3.05) is 26.7 Å². The van der Waals surface area contributed by atoms with E-state index in [2.05, 4.69) is 16.8 Å². The Morgan fingerprint density at radius 3 is 2.70 bits per heavy atom. The summed E-state index contributed by atoms with van der Waals surface area (Å²) in [5, 5.41) is 21.2. The van der Waals surface area contributed by atoms with Gasteiger partial charge in [-0.2, -0.15) is 0 Å². The summed E-state index contributed by atoms with van der Waals surface area (Å²) in [6, 6.07) is 6.28. The SMILES string of the molecule is COc1ccc2ncc(F)c(C(O)CCC3CCN(CC#Cc4cc(F)cc(F)c4F)CC3C(C)C(=O)O)c2c1. The minimum absolute atomic E-state index is 0.0644.